The SMILES string of the molecule is [2H]c1c([2H])c([2H])c(-c2ccc3c(c2)N(Cc2cc(-c4ccccc4)cc(-c4ccccc4)c2)c2cc(CCN(c4ccccc4)c4ccc(-n5c6ccccc6c6ccccc65)cc4)cc4c2B3c2ccc(Cc3cc(C(C)(C)C)cc(C(C)(C)C)c3)cc2N4CCc2c(-c3ccccc3)cc(C(C)(C)C)cc2-c2ccccc2)c([2H])c1[2H]. The van der Waals surface area contributed by atoms with E-state index in [0.29, 0.717) is 38.0 Å². The second kappa shape index (κ2) is 29.7. The zero-order valence-electron chi connectivity index (χ0n) is 71.2. The average Bonchev–Trinajstić information content (AvgIpc) is 0.850. The fourth-order valence-corrected chi connectivity index (χ4v) is 17.5. The number of nitrogens with zero attached hydrogens (tertiary/aromatic N) is 4. The number of aromatic nitrogens is 1. The maximum Gasteiger partial charge on any atom is 0.252 e. The molecule has 3 heterocycles. The highest BCUT2D eigenvalue weighted by Gasteiger charge is 2.44. The number of hydrogen-bond acceptors (Lipinski definition) is 3. The van der Waals surface area contributed by atoms with Crippen LogP contribution in [0.2, 0.25) is 0 Å². The van der Waals surface area contributed by atoms with Crippen molar-refractivity contribution in [3.05, 3.63) is 396 Å². The van der Waals surface area contributed by atoms with Gasteiger partial charge in [0.25, 0.3) is 6.71 Å². The Bertz CT molecular complexity index is 6270. The molecule has 0 bridgehead atoms. The van der Waals surface area contributed by atoms with Crippen LogP contribution in [-0.2, 0) is 42.1 Å². The van der Waals surface area contributed by atoms with Crippen LogP contribution >= 0.6 is 0 Å². The van der Waals surface area contributed by atoms with E-state index in [2.05, 4.69) is 397 Å². The molecule has 0 fully saturated rings. The average molecular weight is 1470 g/mol. The first kappa shape index (κ1) is 66.4. The first-order valence-electron chi connectivity index (χ1n) is 42.6. The van der Waals surface area contributed by atoms with Crippen molar-refractivity contribution in [2.45, 2.75) is 104 Å². The van der Waals surface area contributed by atoms with Gasteiger partial charge in [-0.1, -0.05) is 323 Å². The van der Waals surface area contributed by atoms with Gasteiger partial charge in [0.1, 0.15) is 0 Å². The summed E-state index contributed by atoms with van der Waals surface area (Å²) in [7, 11) is 0. The van der Waals surface area contributed by atoms with E-state index in [1.54, 1.807) is 0 Å². The molecule has 0 saturated carbocycles. The van der Waals surface area contributed by atoms with Gasteiger partial charge in [0.2, 0.25) is 0 Å². The minimum Gasteiger partial charge on any atom is -0.342 e. The first-order valence-corrected chi connectivity index (χ1v) is 40.1. The third-order valence-electron chi connectivity index (χ3n) is 23.4. The highest BCUT2D eigenvalue weighted by Crippen LogP contribution is 2.46. The Morgan fingerprint density at radius 1 is 0.336 bits per heavy atom. The van der Waals surface area contributed by atoms with E-state index in [9.17, 15) is 2.74 Å². The molecule has 1 aromatic heterocycles. The molecular weight excluding hydrogens is 1360 g/mol. The zero-order valence-corrected chi connectivity index (χ0v) is 66.2. The number of anilines is 6. The molecule has 4 nitrogen and oxygen atoms in total. The molecule has 0 amide bonds. The lowest BCUT2D eigenvalue weighted by Crippen LogP contribution is -2.62. The van der Waals surface area contributed by atoms with E-state index in [1.807, 2.05) is 6.07 Å². The fourth-order valence-electron chi connectivity index (χ4n) is 17.5. The molecule has 2 aliphatic heterocycles. The third kappa shape index (κ3) is 14.3. The van der Waals surface area contributed by atoms with Crippen LogP contribution in [-0.4, -0.2) is 24.4 Å². The Morgan fingerprint density at radius 3 is 1.35 bits per heavy atom. The van der Waals surface area contributed by atoms with Crippen LogP contribution in [0.3, 0.4) is 0 Å². The van der Waals surface area contributed by atoms with Crippen molar-refractivity contribution in [1.29, 1.82) is 0 Å². The summed E-state index contributed by atoms with van der Waals surface area (Å²) in [5.74, 6) is 0. The summed E-state index contributed by atoms with van der Waals surface area (Å²) >= 11 is 0. The highest BCUT2D eigenvalue weighted by molar-refractivity contribution is 7.00. The zero-order chi connectivity index (χ0) is 81.5. The lowest BCUT2D eigenvalue weighted by Gasteiger charge is -2.45. The summed E-state index contributed by atoms with van der Waals surface area (Å²) in [6.07, 6.45) is 2.05. The Morgan fingerprint density at radius 2 is 0.805 bits per heavy atom. The van der Waals surface area contributed by atoms with Crippen molar-refractivity contribution < 1.29 is 6.85 Å². The van der Waals surface area contributed by atoms with Crippen LogP contribution in [0, 0.1) is 0 Å². The lowest BCUT2D eigenvalue weighted by molar-refractivity contribution is 0.567. The molecule has 0 aliphatic carbocycles. The van der Waals surface area contributed by atoms with E-state index >= 15 is 0 Å². The molecule has 0 unspecified atom stereocenters. The molecule has 15 aromatic carbocycles. The van der Waals surface area contributed by atoms with Crippen LogP contribution < -0.4 is 31.1 Å². The molecule has 5 heteroatoms. The Hall–Kier alpha value is -12.4. The molecule has 0 atom stereocenters. The van der Waals surface area contributed by atoms with Crippen molar-refractivity contribution in [2.24, 2.45) is 0 Å². The standard InChI is InChI=1S/C108H97BN4/c1-106(2,3)86-63-76(64-87(70-86)107(4,5)6)60-74-48-54-97-101(65-74)111(59-57-92-95(81-38-22-13-23-39-81)71-88(108(7,8)9)72-96(92)82-40-24-14-25-41-82)103-66-75(56-58-110(89-42-26-15-27-43-89)90-50-52-91(53-51-90)113-99-46-30-28-44-93(99)94-45-29-31-47-100(94)113)67-104-105(103)109(97)98-55-49-83(78-32-16-10-17-33-78)69-102(98)112(104)73-77-61-84(79-34-18-11-19-35-79)68-85(62-77)80-36-20-12-21-37-80/h10-55,61-72H,56-60,73H2,1-9H3/i10D,16D,17D,32D,33D. The largest absolute Gasteiger partial charge is 0.342 e. The van der Waals surface area contributed by atoms with E-state index in [-0.39, 0.29) is 52.7 Å². The van der Waals surface area contributed by atoms with Gasteiger partial charge in [-0.25, -0.2) is 0 Å². The normalized spacial score (nSPS) is 13.2. The second-order valence-electron chi connectivity index (χ2n) is 34.0. The van der Waals surface area contributed by atoms with Crippen molar-refractivity contribution in [1.82, 2.24) is 4.57 Å². The van der Waals surface area contributed by atoms with Gasteiger partial charge < -0.3 is 19.3 Å². The van der Waals surface area contributed by atoms with Crippen molar-refractivity contribution in [2.75, 3.05) is 27.8 Å². The molecule has 0 saturated heterocycles. The summed E-state index contributed by atoms with van der Waals surface area (Å²) in [6, 6.07) is 117. The Kier molecular flexibility index (Phi) is 17.4. The number of benzene rings is 15. The lowest BCUT2D eigenvalue weighted by atomic mass is 9.33. The number of fused-ring (bicyclic) bond motifs is 7. The summed E-state index contributed by atoms with van der Waals surface area (Å²) in [6.45, 7) is 22.3. The predicted octanol–water partition coefficient (Wildman–Crippen LogP) is 25.8. The van der Waals surface area contributed by atoms with Gasteiger partial charge in [0.05, 0.1) is 17.9 Å². The summed E-state index contributed by atoms with van der Waals surface area (Å²) in [4.78, 5) is 7.67. The van der Waals surface area contributed by atoms with Crippen LogP contribution in [0.15, 0.2) is 352 Å². The van der Waals surface area contributed by atoms with Crippen molar-refractivity contribution in [3.8, 4) is 61.3 Å². The van der Waals surface area contributed by atoms with Gasteiger partial charge in [-0.3, -0.25) is 0 Å². The quantitative estimate of drug-likeness (QED) is 0.0796. The Balaban J connectivity index is 0.884. The minimum atomic E-state index is -0.420. The molecule has 0 radical (unpaired) electrons. The molecule has 0 spiro atoms. The van der Waals surface area contributed by atoms with Crippen LogP contribution in [0.1, 0.15) is 114 Å². The minimum absolute atomic E-state index is 0.0826. The molecule has 113 heavy (non-hydrogen) atoms. The predicted molar refractivity (Wildman–Crippen MR) is 484 cm³/mol. The smallest absolute Gasteiger partial charge is 0.252 e. The number of rotatable bonds is 18. The number of hydrogen-bond donors (Lipinski definition) is 0. The molecule has 16 aromatic rings. The van der Waals surface area contributed by atoms with E-state index in [1.165, 1.54) is 77.3 Å². The molecule has 552 valence electrons. The number of para-hydroxylation sites is 3. The van der Waals surface area contributed by atoms with Crippen molar-refractivity contribution in [3.63, 3.8) is 0 Å². The topological polar surface area (TPSA) is 14.7 Å². The second-order valence-corrected chi connectivity index (χ2v) is 34.0. The van der Waals surface area contributed by atoms with Crippen molar-refractivity contribution >= 4 is 79.0 Å². The van der Waals surface area contributed by atoms with Crippen LogP contribution in [0.25, 0.3) is 83.1 Å². The molecule has 2 aliphatic rings. The van der Waals surface area contributed by atoms with Gasteiger partial charge in [0.15, 0.2) is 0 Å². The van der Waals surface area contributed by atoms with Gasteiger partial charge in [-0.05, 0) is 243 Å². The summed E-state index contributed by atoms with van der Waals surface area (Å²) < 4.78 is 48.6. The summed E-state index contributed by atoms with van der Waals surface area (Å²) in [5, 5.41) is 2.45. The maximum atomic E-state index is 9.59. The monoisotopic (exact) mass is 1470 g/mol. The summed E-state index contributed by atoms with van der Waals surface area (Å²) in [5.41, 5.74) is 32.8. The third-order valence-corrected chi connectivity index (χ3v) is 23.4. The van der Waals surface area contributed by atoms with Gasteiger partial charge in [-0.2, -0.15) is 0 Å². The van der Waals surface area contributed by atoms with Crippen LogP contribution in [0.5, 0.6) is 0 Å². The molecule has 0 N–H and O–H groups in total. The maximum absolute atomic E-state index is 9.59. The Labute approximate surface area is 676 Å². The van der Waals surface area contributed by atoms with E-state index in [0.717, 1.165) is 96.1 Å². The highest BCUT2D eigenvalue weighted by atomic mass is 15.2. The van der Waals surface area contributed by atoms with E-state index in [4.69, 9.17) is 4.11 Å². The van der Waals surface area contributed by atoms with Gasteiger partial charge in [0, 0.05) is 70.2 Å². The van der Waals surface area contributed by atoms with Gasteiger partial charge in [-0.15, -0.1) is 0 Å². The van der Waals surface area contributed by atoms with Gasteiger partial charge >= 0.3 is 0 Å². The van der Waals surface area contributed by atoms with E-state index < -0.39 is 6.04 Å². The van der Waals surface area contributed by atoms with Crippen LogP contribution in [0.4, 0.5) is 34.1 Å². The first-order chi connectivity index (χ1) is 57.0. The fraction of sp³-hybridized carbons (Fsp3) is 0.167. The molecular formula is C108H97BN4. The molecule has 18 rings (SSSR count).